The fourth-order valence-corrected chi connectivity index (χ4v) is 3.98. The lowest BCUT2D eigenvalue weighted by molar-refractivity contribution is -0.158. The number of Topliss-reactive ketones (excluding diaryl/α,β-unsaturated/α-hetero) is 2. The molecule has 5 heteroatoms. The molecule has 5 nitrogen and oxygen atoms in total. The first-order chi connectivity index (χ1) is 14.7. The van der Waals surface area contributed by atoms with E-state index in [4.69, 9.17) is 0 Å². The zero-order valence-corrected chi connectivity index (χ0v) is 20.7. The van der Waals surface area contributed by atoms with Gasteiger partial charge in [-0.2, -0.15) is 0 Å². The number of carbonyl (C=O) groups is 4. The monoisotopic (exact) mass is 438 g/mol. The Kier molecular flexibility index (Phi) is 17.2. The summed E-state index contributed by atoms with van der Waals surface area (Å²) >= 11 is 0. The highest BCUT2D eigenvalue weighted by Gasteiger charge is 2.33. The smallest absolute Gasteiger partial charge is 0.313 e. The van der Waals surface area contributed by atoms with Crippen molar-refractivity contribution in [2.45, 2.75) is 125 Å². The van der Waals surface area contributed by atoms with Gasteiger partial charge < -0.3 is 4.74 Å². The minimum absolute atomic E-state index is 0.0612. The van der Waals surface area contributed by atoms with Crippen LogP contribution in [0.5, 0.6) is 0 Å². The van der Waals surface area contributed by atoms with Gasteiger partial charge in [0.1, 0.15) is 11.6 Å². The molecule has 2 unspecified atom stereocenters. The number of hydrogen-bond acceptors (Lipinski definition) is 5. The van der Waals surface area contributed by atoms with E-state index in [9.17, 15) is 19.2 Å². The average Bonchev–Trinajstić information content (AvgIpc) is 2.72. The average molecular weight is 439 g/mol. The Balaban J connectivity index is 4.91. The Hall–Kier alpha value is -1.52. The maximum Gasteiger partial charge on any atom is 0.313 e. The second-order valence-electron chi connectivity index (χ2n) is 9.07. The summed E-state index contributed by atoms with van der Waals surface area (Å²) in [6, 6.07) is 0. The molecule has 2 atom stereocenters. The topological polar surface area (TPSA) is 77.5 Å². The van der Waals surface area contributed by atoms with Crippen molar-refractivity contribution in [2.75, 3.05) is 0 Å². The van der Waals surface area contributed by atoms with Crippen molar-refractivity contribution in [3.8, 4) is 0 Å². The van der Waals surface area contributed by atoms with Crippen LogP contribution in [0.15, 0.2) is 0 Å². The van der Waals surface area contributed by atoms with E-state index >= 15 is 0 Å². The SMILES string of the molecule is CCCCCCCC(C)C(=O)C(CCC(=O)OC(C)=O)C(=O)C(C)CCCCCCC. The van der Waals surface area contributed by atoms with Crippen LogP contribution in [0.3, 0.4) is 0 Å². The summed E-state index contributed by atoms with van der Waals surface area (Å²) in [4.78, 5) is 49.1. The molecule has 0 aliphatic carbocycles. The Labute approximate surface area is 190 Å². The molecular weight excluding hydrogens is 392 g/mol. The largest absolute Gasteiger partial charge is 0.393 e. The molecule has 0 bridgehead atoms. The third-order valence-electron chi connectivity index (χ3n) is 6.03. The van der Waals surface area contributed by atoms with E-state index in [0.717, 1.165) is 38.5 Å². The molecule has 31 heavy (non-hydrogen) atoms. The lowest BCUT2D eigenvalue weighted by Gasteiger charge is -2.22. The van der Waals surface area contributed by atoms with Gasteiger partial charge in [-0.25, -0.2) is 0 Å². The van der Waals surface area contributed by atoms with Crippen molar-refractivity contribution in [1.29, 1.82) is 0 Å². The standard InChI is InChI=1S/C26H46O5/c1-6-8-10-12-14-16-20(3)25(29)23(18-19-24(28)31-22(5)27)26(30)21(4)17-15-13-11-9-7-2/h20-21,23H,6-19H2,1-5H3. The first-order valence-electron chi connectivity index (χ1n) is 12.5. The zero-order valence-electron chi connectivity index (χ0n) is 20.7. The second-order valence-corrected chi connectivity index (χ2v) is 9.07. The minimum atomic E-state index is -0.782. The summed E-state index contributed by atoms with van der Waals surface area (Å²) < 4.78 is 4.59. The van der Waals surface area contributed by atoms with Crippen LogP contribution in [-0.4, -0.2) is 23.5 Å². The van der Waals surface area contributed by atoms with E-state index in [1.807, 2.05) is 13.8 Å². The van der Waals surface area contributed by atoms with Crippen molar-refractivity contribution in [1.82, 2.24) is 0 Å². The number of hydrogen-bond donors (Lipinski definition) is 0. The Morgan fingerprint density at radius 2 is 1.06 bits per heavy atom. The highest BCUT2D eigenvalue weighted by atomic mass is 16.6. The van der Waals surface area contributed by atoms with Crippen LogP contribution < -0.4 is 0 Å². The maximum atomic E-state index is 13.1. The van der Waals surface area contributed by atoms with E-state index in [1.165, 1.54) is 45.4 Å². The minimum Gasteiger partial charge on any atom is -0.393 e. The van der Waals surface area contributed by atoms with Gasteiger partial charge >= 0.3 is 11.9 Å². The predicted octanol–water partition coefficient (Wildman–Crippen LogP) is 6.60. The molecule has 0 amide bonds. The van der Waals surface area contributed by atoms with Crippen molar-refractivity contribution in [2.24, 2.45) is 17.8 Å². The molecule has 0 rings (SSSR count). The molecule has 0 aromatic heterocycles. The van der Waals surface area contributed by atoms with Gasteiger partial charge in [0.2, 0.25) is 0 Å². The number of ether oxygens (including phenoxy) is 1. The molecule has 0 spiro atoms. The van der Waals surface area contributed by atoms with Crippen molar-refractivity contribution in [3.05, 3.63) is 0 Å². The highest BCUT2D eigenvalue weighted by molar-refractivity contribution is 6.04. The second kappa shape index (κ2) is 18.1. The molecule has 0 fully saturated rings. The third-order valence-corrected chi connectivity index (χ3v) is 6.03. The van der Waals surface area contributed by atoms with Gasteiger partial charge in [-0.3, -0.25) is 19.2 Å². The molecule has 0 aromatic rings. The van der Waals surface area contributed by atoms with Crippen molar-refractivity contribution in [3.63, 3.8) is 0 Å². The van der Waals surface area contributed by atoms with Crippen molar-refractivity contribution >= 4 is 23.5 Å². The summed E-state index contributed by atoms with van der Waals surface area (Å²) in [5.74, 6) is -2.64. The van der Waals surface area contributed by atoms with Gasteiger partial charge in [0.25, 0.3) is 0 Å². The summed E-state index contributed by atoms with van der Waals surface area (Å²) in [6.07, 6.45) is 12.9. The predicted molar refractivity (Wildman–Crippen MR) is 125 cm³/mol. The fourth-order valence-electron chi connectivity index (χ4n) is 3.98. The summed E-state index contributed by atoms with van der Waals surface area (Å²) in [7, 11) is 0. The van der Waals surface area contributed by atoms with E-state index in [1.54, 1.807) is 0 Å². The normalized spacial score (nSPS) is 14.0. The van der Waals surface area contributed by atoms with Crippen LogP contribution in [-0.2, 0) is 23.9 Å². The first-order valence-corrected chi connectivity index (χ1v) is 12.5. The molecule has 0 saturated carbocycles. The Morgan fingerprint density at radius 3 is 1.45 bits per heavy atom. The Morgan fingerprint density at radius 1 is 0.645 bits per heavy atom. The molecule has 0 N–H and O–H groups in total. The van der Waals surface area contributed by atoms with Crippen LogP contribution in [0, 0.1) is 17.8 Å². The van der Waals surface area contributed by atoms with Gasteiger partial charge in [-0.05, 0) is 19.3 Å². The van der Waals surface area contributed by atoms with Crippen LogP contribution in [0.25, 0.3) is 0 Å². The van der Waals surface area contributed by atoms with Gasteiger partial charge in [0, 0.05) is 25.2 Å². The van der Waals surface area contributed by atoms with Crippen LogP contribution in [0.1, 0.15) is 125 Å². The van der Waals surface area contributed by atoms with Crippen LogP contribution in [0.2, 0.25) is 0 Å². The summed E-state index contributed by atoms with van der Waals surface area (Å²) in [5, 5.41) is 0. The molecule has 0 aromatic carbocycles. The number of carbonyl (C=O) groups excluding carboxylic acids is 4. The van der Waals surface area contributed by atoms with E-state index in [2.05, 4.69) is 18.6 Å². The van der Waals surface area contributed by atoms with E-state index in [0.29, 0.717) is 0 Å². The first kappa shape index (κ1) is 29.5. The van der Waals surface area contributed by atoms with Gasteiger partial charge in [-0.15, -0.1) is 0 Å². The van der Waals surface area contributed by atoms with E-state index < -0.39 is 17.9 Å². The number of ketones is 2. The summed E-state index contributed by atoms with van der Waals surface area (Å²) in [6.45, 7) is 9.30. The van der Waals surface area contributed by atoms with Crippen LogP contribution >= 0.6 is 0 Å². The fraction of sp³-hybridized carbons (Fsp3) is 0.846. The molecule has 0 heterocycles. The number of rotatable bonds is 19. The number of esters is 2. The van der Waals surface area contributed by atoms with Gasteiger partial charge in [-0.1, -0.05) is 91.9 Å². The van der Waals surface area contributed by atoms with Gasteiger partial charge in [0.15, 0.2) is 0 Å². The third kappa shape index (κ3) is 14.2. The Bertz CT molecular complexity index is 508. The zero-order chi connectivity index (χ0) is 23.6. The maximum absolute atomic E-state index is 13.1. The molecule has 0 saturated heterocycles. The van der Waals surface area contributed by atoms with Gasteiger partial charge in [0.05, 0.1) is 5.92 Å². The van der Waals surface area contributed by atoms with Crippen molar-refractivity contribution < 1.29 is 23.9 Å². The molecule has 0 aliphatic rings. The highest BCUT2D eigenvalue weighted by Crippen LogP contribution is 2.25. The number of unbranched alkanes of at least 4 members (excludes halogenated alkanes) is 8. The molecule has 0 aliphatic heterocycles. The lowest BCUT2D eigenvalue weighted by atomic mass is 9.80. The summed E-state index contributed by atoms with van der Waals surface area (Å²) in [5.41, 5.74) is 0. The lowest BCUT2D eigenvalue weighted by Crippen LogP contribution is -2.33. The quantitative estimate of drug-likeness (QED) is 0.129. The molecule has 0 radical (unpaired) electrons. The van der Waals surface area contributed by atoms with Crippen LogP contribution in [0.4, 0.5) is 0 Å². The molecule has 180 valence electrons. The van der Waals surface area contributed by atoms with E-state index in [-0.39, 0.29) is 36.2 Å². The molecular formula is C26H46O5.